The highest BCUT2D eigenvalue weighted by Crippen LogP contribution is 2.22. The number of hydrogen-bond donors (Lipinski definition) is 1. The average molecular weight is 338 g/mol. The number of thiocarbonyl (C=S) groups is 1. The minimum atomic E-state index is 0.649. The lowest BCUT2D eigenvalue weighted by molar-refractivity contribution is 0.0367. The van der Waals surface area contributed by atoms with Gasteiger partial charge < -0.3 is 15.0 Å². The van der Waals surface area contributed by atoms with Gasteiger partial charge in [0.2, 0.25) is 0 Å². The summed E-state index contributed by atoms with van der Waals surface area (Å²) in [4.78, 5) is 4.96. The predicted octanol–water partition coefficient (Wildman–Crippen LogP) is 2.40. The third-order valence-electron chi connectivity index (χ3n) is 5.05. The van der Waals surface area contributed by atoms with Crippen molar-refractivity contribution in [1.82, 2.24) is 15.1 Å². The molecule has 1 saturated carbocycles. The molecule has 3 rings (SSSR count). The first-order valence-electron chi connectivity index (χ1n) is 9.32. The highest BCUT2D eigenvalue weighted by molar-refractivity contribution is 7.80. The summed E-state index contributed by atoms with van der Waals surface area (Å²) < 4.78 is 5.43. The van der Waals surface area contributed by atoms with Crippen molar-refractivity contribution in [3.8, 4) is 0 Å². The van der Waals surface area contributed by atoms with Crippen LogP contribution in [0.4, 0.5) is 0 Å². The molecule has 4 nitrogen and oxygen atoms in total. The van der Waals surface area contributed by atoms with Crippen molar-refractivity contribution in [1.29, 1.82) is 0 Å². The number of allylic oxidation sites excluding steroid dienone is 2. The Morgan fingerprint density at radius 2 is 2.04 bits per heavy atom. The number of ether oxygens (including phenoxy) is 1. The lowest BCUT2D eigenvalue weighted by Gasteiger charge is -2.32. The summed E-state index contributed by atoms with van der Waals surface area (Å²) in [5.41, 5.74) is 0. The van der Waals surface area contributed by atoms with Crippen molar-refractivity contribution < 1.29 is 4.74 Å². The normalized spacial score (nSPS) is 25.3. The Kier molecular flexibility index (Phi) is 6.72. The molecule has 1 unspecified atom stereocenters. The van der Waals surface area contributed by atoms with Crippen molar-refractivity contribution in [3.63, 3.8) is 0 Å². The summed E-state index contributed by atoms with van der Waals surface area (Å²) in [6.45, 7) is 7.30. The smallest absolute Gasteiger partial charge is 0.169 e. The standard InChI is InChI=1S/C18H31N3OS/c23-18(19-17-7-8-17)21(15-16-5-2-1-3-6-16)10-4-9-20-11-13-22-14-12-20/h1-2,16-17H,3-15H2,(H,19,23). The minimum Gasteiger partial charge on any atom is -0.379 e. The van der Waals surface area contributed by atoms with E-state index in [0.29, 0.717) is 6.04 Å². The van der Waals surface area contributed by atoms with Crippen LogP contribution >= 0.6 is 12.2 Å². The van der Waals surface area contributed by atoms with Gasteiger partial charge in [-0.3, -0.25) is 4.90 Å². The molecule has 3 aliphatic rings. The summed E-state index contributed by atoms with van der Waals surface area (Å²) in [5.74, 6) is 0.766. The molecular formula is C18H31N3OS. The maximum Gasteiger partial charge on any atom is 0.169 e. The van der Waals surface area contributed by atoms with E-state index in [1.807, 2.05) is 0 Å². The Morgan fingerprint density at radius 3 is 2.74 bits per heavy atom. The summed E-state index contributed by atoms with van der Waals surface area (Å²) >= 11 is 5.69. The van der Waals surface area contributed by atoms with E-state index in [1.54, 1.807) is 0 Å². The highest BCUT2D eigenvalue weighted by atomic mass is 32.1. The third kappa shape index (κ3) is 6.05. The largest absolute Gasteiger partial charge is 0.379 e. The fraction of sp³-hybridized carbons (Fsp3) is 0.833. The van der Waals surface area contributed by atoms with E-state index in [2.05, 4.69) is 27.3 Å². The van der Waals surface area contributed by atoms with Gasteiger partial charge in [0, 0.05) is 38.8 Å². The maximum absolute atomic E-state index is 5.69. The molecule has 1 atom stereocenters. The van der Waals surface area contributed by atoms with Crippen molar-refractivity contribution in [2.24, 2.45) is 5.92 Å². The van der Waals surface area contributed by atoms with Crippen LogP contribution in [-0.4, -0.2) is 66.9 Å². The Morgan fingerprint density at radius 1 is 1.22 bits per heavy atom. The van der Waals surface area contributed by atoms with Crippen molar-refractivity contribution in [2.45, 2.75) is 44.6 Å². The van der Waals surface area contributed by atoms with E-state index in [9.17, 15) is 0 Å². The van der Waals surface area contributed by atoms with Gasteiger partial charge in [-0.25, -0.2) is 0 Å². The predicted molar refractivity (Wildman–Crippen MR) is 98.7 cm³/mol. The minimum absolute atomic E-state index is 0.649. The van der Waals surface area contributed by atoms with E-state index in [1.165, 1.54) is 38.5 Å². The lowest BCUT2D eigenvalue weighted by atomic mass is 9.94. The van der Waals surface area contributed by atoms with E-state index in [4.69, 9.17) is 17.0 Å². The van der Waals surface area contributed by atoms with E-state index in [-0.39, 0.29) is 0 Å². The SMILES string of the molecule is S=C(NC1CC1)N(CCCN1CCOCC1)CC1CC=CCC1. The molecule has 0 spiro atoms. The molecule has 0 aromatic heterocycles. The molecule has 1 heterocycles. The van der Waals surface area contributed by atoms with Crippen molar-refractivity contribution >= 4 is 17.3 Å². The van der Waals surface area contributed by atoms with Gasteiger partial charge in [-0.1, -0.05) is 12.2 Å². The van der Waals surface area contributed by atoms with Gasteiger partial charge in [-0.2, -0.15) is 0 Å². The first-order valence-corrected chi connectivity index (χ1v) is 9.72. The number of hydrogen-bond acceptors (Lipinski definition) is 3. The van der Waals surface area contributed by atoms with Crippen LogP contribution < -0.4 is 5.32 Å². The highest BCUT2D eigenvalue weighted by Gasteiger charge is 2.25. The van der Waals surface area contributed by atoms with Crippen molar-refractivity contribution in [2.75, 3.05) is 45.9 Å². The van der Waals surface area contributed by atoms with E-state index in [0.717, 1.165) is 57.0 Å². The van der Waals surface area contributed by atoms with Crippen LogP contribution in [0.15, 0.2) is 12.2 Å². The second kappa shape index (κ2) is 9.00. The van der Waals surface area contributed by atoms with Gasteiger partial charge in [-0.05, 0) is 56.7 Å². The first-order chi connectivity index (χ1) is 11.3. The topological polar surface area (TPSA) is 27.7 Å². The van der Waals surface area contributed by atoms with Crippen molar-refractivity contribution in [3.05, 3.63) is 12.2 Å². The Balaban J connectivity index is 1.44. The van der Waals surface area contributed by atoms with Crippen LogP contribution in [0, 0.1) is 5.92 Å². The summed E-state index contributed by atoms with van der Waals surface area (Å²) in [6.07, 6.45) is 12.2. The maximum atomic E-state index is 5.69. The number of nitrogens with one attached hydrogen (secondary N) is 1. The molecule has 2 fully saturated rings. The van der Waals surface area contributed by atoms with Crippen LogP contribution in [0.25, 0.3) is 0 Å². The van der Waals surface area contributed by atoms with Gasteiger partial charge in [0.15, 0.2) is 5.11 Å². The zero-order valence-electron chi connectivity index (χ0n) is 14.2. The summed E-state index contributed by atoms with van der Waals surface area (Å²) in [5, 5.41) is 4.53. The third-order valence-corrected chi connectivity index (χ3v) is 5.43. The number of nitrogens with zero attached hydrogens (tertiary/aromatic N) is 2. The molecule has 2 aliphatic carbocycles. The van der Waals surface area contributed by atoms with Gasteiger partial charge in [0.05, 0.1) is 13.2 Å². The fourth-order valence-electron chi connectivity index (χ4n) is 3.41. The van der Waals surface area contributed by atoms with E-state index < -0.39 is 0 Å². The summed E-state index contributed by atoms with van der Waals surface area (Å²) in [6, 6.07) is 0.649. The molecule has 1 N–H and O–H groups in total. The molecule has 1 aliphatic heterocycles. The van der Waals surface area contributed by atoms with Gasteiger partial charge in [0.25, 0.3) is 0 Å². The average Bonchev–Trinajstić information content (AvgIpc) is 3.40. The van der Waals surface area contributed by atoms with Gasteiger partial charge in [0.1, 0.15) is 0 Å². The fourth-order valence-corrected chi connectivity index (χ4v) is 3.75. The molecule has 130 valence electrons. The molecule has 23 heavy (non-hydrogen) atoms. The van der Waals surface area contributed by atoms with Crippen LogP contribution in [0.3, 0.4) is 0 Å². The van der Waals surface area contributed by atoms with Crippen LogP contribution in [0.1, 0.15) is 38.5 Å². The second-order valence-corrected chi connectivity index (χ2v) is 7.51. The molecule has 0 aromatic rings. The molecule has 5 heteroatoms. The zero-order valence-corrected chi connectivity index (χ0v) is 15.0. The van der Waals surface area contributed by atoms with E-state index >= 15 is 0 Å². The second-order valence-electron chi connectivity index (χ2n) is 7.13. The molecule has 0 amide bonds. The Bertz CT molecular complexity index is 405. The molecule has 0 bridgehead atoms. The van der Waals surface area contributed by atoms with Crippen LogP contribution in [0.5, 0.6) is 0 Å². The van der Waals surface area contributed by atoms with Gasteiger partial charge >= 0.3 is 0 Å². The van der Waals surface area contributed by atoms with Crippen LogP contribution in [0.2, 0.25) is 0 Å². The Hall–Kier alpha value is -0.650. The Labute approximate surface area is 146 Å². The molecule has 1 saturated heterocycles. The zero-order chi connectivity index (χ0) is 15.9. The molecule has 0 aromatic carbocycles. The van der Waals surface area contributed by atoms with Crippen LogP contribution in [-0.2, 0) is 4.74 Å². The molecule has 0 radical (unpaired) electrons. The lowest BCUT2D eigenvalue weighted by Crippen LogP contribution is -2.45. The molecular weight excluding hydrogens is 306 g/mol. The number of morpholine rings is 1. The first kappa shape index (κ1) is 17.2. The number of rotatable bonds is 7. The van der Waals surface area contributed by atoms with Gasteiger partial charge in [-0.15, -0.1) is 0 Å². The monoisotopic (exact) mass is 337 g/mol. The quantitative estimate of drug-likeness (QED) is 0.569. The summed E-state index contributed by atoms with van der Waals surface area (Å²) in [7, 11) is 0.